The van der Waals surface area contributed by atoms with Crippen LogP contribution in [0.3, 0.4) is 0 Å². The Bertz CT molecular complexity index is 826. The zero-order valence-electron chi connectivity index (χ0n) is 14.4. The summed E-state index contributed by atoms with van der Waals surface area (Å²) in [7, 11) is 0. The van der Waals surface area contributed by atoms with E-state index in [1.54, 1.807) is 19.1 Å². The van der Waals surface area contributed by atoms with Crippen LogP contribution in [-0.2, 0) is 0 Å². The van der Waals surface area contributed by atoms with Crippen LogP contribution in [0, 0.1) is 6.92 Å². The van der Waals surface area contributed by atoms with Gasteiger partial charge in [0.2, 0.25) is 11.8 Å². The predicted octanol–water partition coefficient (Wildman–Crippen LogP) is 3.97. The van der Waals surface area contributed by atoms with Gasteiger partial charge < -0.3 is 9.73 Å². The van der Waals surface area contributed by atoms with Crippen LogP contribution in [0.15, 0.2) is 59.0 Å². The van der Waals surface area contributed by atoms with E-state index in [-0.39, 0.29) is 5.91 Å². The molecule has 0 fully saturated rings. The Balaban J connectivity index is 1.63. The summed E-state index contributed by atoms with van der Waals surface area (Å²) in [5, 5.41) is 10.8. The van der Waals surface area contributed by atoms with Gasteiger partial charge in [-0.25, -0.2) is 0 Å². The average molecular weight is 335 g/mol. The molecule has 1 amide bonds. The molecule has 0 unspecified atom stereocenters. The van der Waals surface area contributed by atoms with Crippen LogP contribution in [0.4, 0.5) is 0 Å². The summed E-state index contributed by atoms with van der Waals surface area (Å²) in [5.41, 5.74) is 2.66. The predicted molar refractivity (Wildman–Crippen MR) is 96.3 cm³/mol. The molecule has 0 radical (unpaired) electrons. The molecule has 0 spiro atoms. The molecule has 0 aliphatic heterocycles. The van der Waals surface area contributed by atoms with Crippen LogP contribution in [0.1, 0.15) is 41.1 Å². The van der Waals surface area contributed by atoms with Crippen molar-refractivity contribution in [3.63, 3.8) is 0 Å². The largest absolute Gasteiger partial charge is 0.421 e. The molecule has 5 heteroatoms. The molecule has 1 atom stereocenters. The lowest BCUT2D eigenvalue weighted by Gasteiger charge is -2.16. The number of rotatable bonds is 6. The van der Waals surface area contributed by atoms with Crippen LogP contribution >= 0.6 is 0 Å². The molecule has 0 saturated carbocycles. The summed E-state index contributed by atoms with van der Waals surface area (Å²) < 4.78 is 5.39. The molecule has 0 saturated heterocycles. The van der Waals surface area contributed by atoms with E-state index < -0.39 is 0 Å². The Morgan fingerprint density at radius 3 is 2.40 bits per heavy atom. The Hall–Kier alpha value is -2.95. The zero-order valence-corrected chi connectivity index (χ0v) is 14.4. The van der Waals surface area contributed by atoms with Crippen molar-refractivity contribution in [1.29, 1.82) is 0 Å². The summed E-state index contributed by atoms with van der Waals surface area (Å²) in [6.07, 6.45) is 0.972. The molecule has 3 rings (SSSR count). The van der Waals surface area contributed by atoms with Gasteiger partial charge in [-0.1, -0.05) is 37.3 Å². The van der Waals surface area contributed by atoms with E-state index in [0.717, 1.165) is 12.0 Å². The third-order valence-corrected chi connectivity index (χ3v) is 4.19. The van der Waals surface area contributed by atoms with E-state index in [4.69, 9.17) is 4.42 Å². The second-order valence-corrected chi connectivity index (χ2v) is 5.93. The highest BCUT2D eigenvalue weighted by Gasteiger charge is 2.13. The van der Waals surface area contributed by atoms with Crippen LogP contribution in [-0.4, -0.2) is 22.6 Å². The number of aromatic nitrogens is 2. The summed E-state index contributed by atoms with van der Waals surface area (Å²) in [6.45, 7) is 4.49. The minimum atomic E-state index is -0.0809. The van der Waals surface area contributed by atoms with Crippen LogP contribution in [0.25, 0.3) is 11.5 Å². The number of nitrogens with zero attached hydrogens (tertiary/aromatic N) is 2. The van der Waals surface area contributed by atoms with E-state index in [1.807, 2.05) is 30.3 Å². The lowest BCUT2D eigenvalue weighted by molar-refractivity contribution is 0.0951. The van der Waals surface area contributed by atoms with E-state index in [2.05, 4.69) is 34.6 Å². The molecule has 0 aliphatic carbocycles. The number of aryl methyl sites for hydroxylation is 1. The second kappa shape index (κ2) is 7.75. The average Bonchev–Trinajstić information content (AvgIpc) is 3.09. The lowest BCUT2D eigenvalue weighted by atomic mass is 9.96. The summed E-state index contributed by atoms with van der Waals surface area (Å²) in [4.78, 5) is 12.4. The Kier molecular flexibility index (Phi) is 5.23. The van der Waals surface area contributed by atoms with Crippen molar-refractivity contribution in [3.8, 4) is 11.5 Å². The van der Waals surface area contributed by atoms with E-state index >= 15 is 0 Å². The van der Waals surface area contributed by atoms with Crippen molar-refractivity contribution in [2.45, 2.75) is 26.2 Å². The molecule has 1 aromatic heterocycles. The SMILES string of the molecule is CC[C@H](CNC(=O)c1ccc(-c2nnc(C)o2)cc1)c1ccccc1. The number of benzene rings is 2. The van der Waals surface area contributed by atoms with Crippen LogP contribution in [0.2, 0.25) is 0 Å². The Morgan fingerprint density at radius 2 is 1.80 bits per heavy atom. The van der Waals surface area contributed by atoms with Crippen molar-refractivity contribution in [2.24, 2.45) is 0 Å². The first-order valence-corrected chi connectivity index (χ1v) is 8.41. The van der Waals surface area contributed by atoms with Crippen LogP contribution < -0.4 is 5.32 Å². The van der Waals surface area contributed by atoms with E-state index in [9.17, 15) is 4.79 Å². The minimum Gasteiger partial charge on any atom is -0.421 e. The van der Waals surface area contributed by atoms with Gasteiger partial charge in [0.05, 0.1) is 0 Å². The fraction of sp³-hybridized carbons (Fsp3) is 0.250. The number of carbonyl (C=O) groups is 1. The van der Waals surface area contributed by atoms with Gasteiger partial charge >= 0.3 is 0 Å². The zero-order chi connectivity index (χ0) is 17.6. The minimum absolute atomic E-state index is 0.0809. The monoisotopic (exact) mass is 335 g/mol. The highest BCUT2D eigenvalue weighted by molar-refractivity contribution is 5.94. The van der Waals surface area contributed by atoms with Gasteiger partial charge in [-0.05, 0) is 36.2 Å². The number of amides is 1. The molecule has 0 aliphatic rings. The maximum atomic E-state index is 12.4. The second-order valence-electron chi connectivity index (χ2n) is 5.93. The maximum absolute atomic E-state index is 12.4. The Labute approximate surface area is 147 Å². The third kappa shape index (κ3) is 4.12. The van der Waals surface area contributed by atoms with Gasteiger partial charge in [0.15, 0.2) is 0 Å². The van der Waals surface area contributed by atoms with Gasteiger partial charge in [0.25, 0.3) is 5.91 Å². The number of hydrogen-bond acceptors (Lipinski definition) is 4. The van der Waals surface area contributed by atoms with Crippen molar-refractivity contribution in [2.75, 3.05) is 6.54 Å². The molecule has 128 valence electrons. The fourth-order valence-electron chi connectivity index (χ4n) is 2.72. The molecule has 1 heterocycles. The molecule has 25 heavy (non-hydrogen) atoms. The summed E-state index contributed by atoms with van der Waals surface area (Å²) >= 11 is 0. The quantitative estimate of drug-likeness (QED) is 0.740. The van der Waals surface area contributed by atoms with Crippen molar-refractivity contribution >= 4 is 5.91 Å². The molecule has 3 aromatic rings. The standard InChI is InChI=1S/C20H21N3O2/c1-3-15(16-7-5-4-6-8-16)13-21-19(24)17-9-11-18(12-10-17)20-23-22-14(2)25-20/h4-12,15H,3,13H2,1-2H3,(H,21,24)/t15-/m1/s1. The van der Waals surface area contributed by atoms with Crippen molar-refractivity contribution in [1.82, 2.24) is 15.5 Å². The first-order chi connectivity index (χ1) is 12.2. The lowest BCUT2D eigenvalue weighted by Crippen LogP contribution is -2.28. The summed E-state index contributed by atoms with van der Waals surface area (Å²) in [5.74, 6) is 1.20. The molecule has 5 nitrogen and oxygen atoms in total. The number of hydrogen-bond donors (Lipinski definition) is 1. The number of carbonyl (C=O) groups excluding carboxylic acids is 1. The number of nitrogens with one attached hydrogen (secondary N) is 1. The fourth-order valence-corrected chi connectivity index (χ4v) is 2.72. The van der Waals surface area contributed by atoms with E-state index in [1.165, 1.54) is 5.56 Å². The topological polar surface area (TPSA) is 68.0 Å². The van der Waals surface area contributed by atoms with Gasteiger partial charge in [-0.15, -0.1) is 10.2 Å². The van der Waals surface area contributed by atoms with E-state index in [0.29, 0.717) is 29.8 Å². The summed E-state index contributed by atoms with van der Waals surface area (Å²) in [6, 6.07) is 17.4. The third-order valence-electron chi connectivity index (χ3n) is 4.19. The molecule has 1 N–H and O–H groups in total. The van der Waals surface area contributed by atoms with Crippen LogP contribution in [0.5, 0.6) is 0 Å². The molecular weight excluding hydrogens is 314 g/mol. The smallest absolute Gasteiger partial charge is 0.251 e. The maximum Gasteiger partial charge on any atom is 0.251 e. The first kappa shape index (κ1) is 16.9. The normalized spacial score (nSPS) is 11.9. The Morgan fingerprint density at radius 1 is 1.08 bits per heavy atom. The van der Waals surface area contributed by atoms with Gasteiger partial charge in [-0.3, -0.25) is 4.79 Å². The highest BCUT2D eigenvalue weighted by Crippen LogP contribution is 2.20. The van der Waals surface area contributed by atoms with Gasteiger partial charge in [0, 0.05) is 30.5 Å². The first-order valence-electron chi connectivity index (χ1n) is 8.41. The highest BCUT2D eigenvalue weighted by atomic mass is 16.4. The van der Waals surface area contributed by atoms with Gasteiger partial charge in [-0.2, -0.15) is 0 Å². The molecule has 2 aromatic carbocycles. The molecular formula is C20H21N3O2. The molecule has 0 bridgehead atoms. The van der Waals surface area contributed by atoms with Crippen molar-refractivity contribution in [3.05, 3.63) is 71.6 Å². The van der Waals surface area contributed by atoms with Crippen molar-refractivity contribution < 1.29 is 9.21 Å². The van der Waals surface area contributed by atoms with Gasteiger partial charge in [0.1, 0.15) is 0 Å².